The zero-order valence-electron chi connectivity index (χ0n) is 13.4. The van der Waals surface area contributed by atoms with Crippen molar-refractivity contribution in [3.05, 3.63) is 52.9 Å². The lowest BCUT2D eigenvalue weighted by molar-refractivity contribution is 0.102. The van der Waals surface area contributed by atoms with E-state index in [1.807, 2.05) is 37.4 Å². The fourth-order valence-corrected chi connectivity index (χ4v) is 2.76. The number of nitrogens with zero attached hydrogens (tertiary/aromatic N) is 2. The minimum absolute atomic E-state index is 0.0741. The average Bonchev–Trinajstić information content (AvgIpc) is 2.93. The summed E-state index contributed by atoms with van der Waals surface area (Å²) in [7, 11) is 3.52. The highest BCUT2D eigenvalue weighted by molar-refractivity contribution is 6.12. The Kier molecular flexibility index (Phi) is 4.57. The summed E-state index contributed by atoms with van der Waals surface area (Å²) in [6.45, 7) is 1.06. The Morgan fingerprint density at radius 3 is 3.00 bits per heavy atom. The summed E-state index contributed by atoms with van der Waals surface area (Å²) >= 11 is 0. The van der Waals surface area contributed by atoms with Crippen molar-refractivity contribution in [3.8, 4) is 5.75 Å². The van der Waals surface area contributed by atoms with Gasteiger partial charge in [-0.2, -0.15) is 5.10 Å². The number of carbonyl (C=O) groups is 1. The number of aromatic nitrogens is 2. The quantitative estimate of drug-likeness (QED) is 0.629. The largest absolute Gasteiger partial charge is 0.491 e. The Balaban J connectivity index is 1.79. The van der Waals surface area contributed by atoms with Gasteiger partial charge >= 0.3 is 0 Å². The molecule has 0 aliphatic heterocycles. The third-order valence-corrected chi connectivity index (χ3v) is 3.98. The van der Waals surface area contributed by atoms with Crippen LogP contribution in [0.5, 0.6) is 5.75 Å². The maximum Gasteiger partial charge on any atom is 0.192 e. The number of allylic oxidation sites excluding steroid dienone is 1. The Labute approximate surface area is 135 Å². The Hall–Kier alpha value is -2.40. The number of hydrogen-bond donors (Lipinski definition) is 0. The molecule has 0 saturated carbocycles. The molecule has 2 aromatic rings. The van der Waals surface area contributed by atoms with Crippen LogP contribution in [0.15, 0.2) is 36.0 Å². The van der Waals surface area contributed by atoms with Crippen molar-refractivity contribution in [2.45, 2.75) is 12.8 Å². The van der Waals surface area contributed by atoms with Gasteiger partial charge in [0.25, 0.3) is 0 Å². The zero-order valence-corrected chi connectivity index (χ0v) is 13.4. The fraction of sp³-hybridized carbons (Fsp3) is 0.333. The van der Waals surface area contributed by atoms with Crippen molar-refractivity contribution in [1.29, 1.82) is 0 Å². The van der Waals surface area contributed by atoms with Gasteiger partial charge in [-0.3, -0.25) is 9.48 Å². The molecule has 0 radical (unpaired) electrons. The number of ether oxygens (including phenoxy) is 2. The van der Waals surface area contributed by atoms with E-state index in [-0.39, 0.29) is 5.78 Å². The van der Waals surface area contributed by atoms with Crippen LogP contribution >= 0.6 is 0 Å². The number of Topliss-reactive ketones (excluding diaryl/α,β-unsaturated/α-hetero) is 1. The van der Waals surface area contributed by atoms with Crippen LogP contribution in [0.4, 0.5) is 0 Å². The number of methoxy groups -OCH3 is 1. The number of rotatable bonds is 5. The molecule has 0 atom stereocenters. The number of aryl methyl sites for hydroxylation is 1. The lowest BCUT2D eigenvalue weighted by atomic mass is 9.90. The first kappa shape index (κ1) is 15.5. The summed E-state index contributed by atoms with van der Waals surface area (Å²) in [5, 5.41) is 4.18. The van der Waals surface area contributed by atoms with Gasteiger partial charge in [0.15, 0.2) is 5.78 Å². The van der Waals surface area contributed by atoms with E-state index >= 15 is 0 Å². The molecular formula is C18H20N2O3. The molecule has 0 saturated heterocycles. The normalized spacial score (nSPS) is 15.7. The second-order valence-electron chi connectivity index (χ2n) is 5.54. The maximum absolute atomic E-state index is 12.6. The highest BCUT2D eigenvalue weighted by atomic mass is 16.5. The van der Waals surface area contributed by atoms with E-state index in [2.05, 4.69) is 5.10 Å². The van der Waals surface area contributed by atoms with Crippen molar-refractivity contribution in [3.63, 3.8) is 0 Å². The first-order chi connectivity index (χ1) is 11.2. The maximum atomic E-state index is 12.6. The third kappa shape index (κ3) is 3.35. The molecule has 0 spiro atoms. The van der Waals surface area contributed by atoms with Gasteiger partial charge in [0.2, 0.25) is 0 Å². The number of ketones is 1. The van der Waals surface area contributed by atoms with E-state index in [1.165, 1.54) is 0 Å². The van der Waals surface area contributed by atoms with Gasteiger partial charge in [-0.05, 0) is 36.6 Å². The number of fused-ring (bicyclic) bond motifs is 1. The summed E-state index contributed by atoms with van der Waals surface area (Å²) in [5.74, 6) is 0.853. The third-order valence-electron chi connectivity index (χ3n) is 3.98. The van der Waals surface area contributed by atoms with E-state index in [0.29, 0.717) is 13.2 Å². The number of hydrogen-bond acceptors (Lipinski definition) is 4. The minimum Gasteiger partial charge on any atom is -0.491 e. The van der Waals surface area contributed by atoms with Crippen LogP contribution in [-0.4, -0.2) is 35.9 Å². The smallest absolute Gasteiger partial charge is 0.192 e. The van der Waals surface area contributed by atoms with Crippen LogP contribution < -0.4 is 4.74 Å². The molecule has 0 bridgehead atoms. The van der Waals surface area contributed by atoms with Crippen LogP contribution in [-0.2, 0) is 18.2 Å². The van der Waals surface area contributed by atoms with Crippen molar-refractivity contribution in [2.75, 3.05) is 20.3 Å². The monoisotopic (exact) mass is 312 g/mol. The predicted octanol–water partition coefficient (Wildman–Crippen LogP) is 2.66. The average molecular weight is 312 g/mol. The van der Waals surface area contributed by atoms with E-state index in [4.69, 9.17) is 9.47 Å². The summed E-state index contributed by atoms with van der Waals surface area (Å²) in [5.41, 5.74) is 3.52. The summed E-state index contributed by atoms with van der Waals surface area (Å²) in [6, 6.07) is 7.74. The van der Waals surface area contributed by atoms with Crippen LogP contribution in [0, 0.1) is 0 Å². The molecule has 0 unspecified atom stereocenters. The van der Waals surface area contributed by atoms with Gasteiger partial charge in [-0.25, -0.2) is 0 Å². The van der Waals surface area contributed by atoms with Crippen molar-refractivity contribution in [2.24, 2.45) is 7.05 Å². The van der Waals surface area contributed by atoms with Crippen molar-refractivity contribution in [1.82, 2.24) is 9.78 Å². The van der Waals surface area contributed by atoms with Crippen LogP contribution in [0.1, 0.15) is 28.0 Å². The fourth-order valence-electron chi connectivity index (χ4n) is 2.76. The highest BCUT2D eigenvalue weighted by Gasteiger charge is 2.24. The summed E-state index contributed by atoms with van der Waals surface area (Å²) in [6.07, 6.45) is 5.18. The topological polar surface area (TPSA) is 53.4 Å². The lowest BCUT2D eigenvalue weighted by Gasteiger charge is -2.14. The molecule has 3 rings (SSSR count). The number of carbonyl (C=O) groups excluding carboxylic acids is 1. The highest BCUT2D eigenvalue weighted by Crippen LogP contribution is 2.27. The molecule has 1 aromatic carbocycles. The van der Waals surface area contributed by atoms with E-state index in [1.54, 1.807) is 18.0 Å². The molecule has 5 nitrogen and oxygen atoms in total. The predicted molar refractivity (Wildman–Crippen MR) is 87.6 cm³/mol. The van der Waals surface area contributed by atoms with Crippen molar-refractivity contribution < 1.29 is 14.3 Å². The molecule has 0 N–H and O–H groups in total. The first-order valence-corrected chi connectivity index (χ1v) is 7.67. The Morgan fingerprint density at radius 2 is 2.17 bits per heavy atom. The van der Waals surface area contributed by atoms with Gasteiger partial charge < -0.3 is 9.47 Å². The van der Waals surface area contributed by atoms with Gasteiger partial charge in [0.05, 0.1) is 18.4 Å². The number of benzene rings is 1. The molecule has 1 aliphatic rings. The SMILES string of the molecule is COCCOc1cccc(/C=C2/CCc3c(cnn3C)C2=O)c1. The molecular weight excluding hydrogens is 292 g/mol. The van der Waals surface area contributed by atoms with Crippen molar-refractivity contribution >= 4 is 11.9 Å². The minimum atomic E-state index is 0.0741. The molecule has 0 fully saturated rings. The molecule has 120 valence electrons. The summed E-state index contributed by atoms with van der Waals surface area (Å²) < 4.78 is 12.4. The first-order valence-electron chi connectivity index (χ1n) is 7.67. The molecule has 1 heterocycles. The zero-order chi connectivity index (χ0) is 16.2. The molecule has 0 amide bonds. The van der Waals surface area contributed by atoms with E-state index in [9.17, 15) is 4.79 Å². The molecule has 1 aliphatic carbocycles. The van der Waals surface area contributed by atoms with Crippen LogP contribution in [0.2, 0.25) is 0 Å². The Morgan fingerprint density at radius 1 is 1.30 bits per heavy atom. The molecule has 1 aromatic heterocycles. The molecule has 5 heteroatoms. The Bertz CT molecular complexity index is 746. The van der Waals surface area contributed by atoms with Gasteiger partial charge in [0, 0.05) is 25.4 Å². The second kappa shape index (κ2) is 6.79. The van der Waals surface area contributed by atoms with E-state index < -0.39 is 0 Å². The standard InChI is InChI=1S/C18H20N2O3/c1-20-17-7-6-14(18(21)16(17)12-19-20)10-13-4-3-5-15(11-13)23-9-8-22-2/h3-5,10-12H,6-9H2,1-2H3/b14-10-. The molecule has 23 heavy (non-hydrogen) atoms. The van der Waals surface area contributed by atoms with Gasteiger partial charge in [-0.15, -0.1) is 0 Å². The summed E-state index contributed by atoms with van der Waals surface area (Å²) in [4.78, 5) is 12.6. The lowest BCUT2D eigenvalue weighted by Crippen LogP contribution is -2.15. The van der Waals surface area contributed by atoms with Gasteiger partial charge in [0.1, 0.15) is 12.4 Å². The van der Waals surface area contributed by atoms with Crippen LogP contribution in [0.3, 0.4) is 0 Å². The van der Waals surface area contributed by atoms with Gasteiger partial charge in [-0.1, -0.05) is 12.1 Å². The second-order valence-corrected chi connectivity index (χ2v) is 5.54. The van der Waals surface area contributed by atoms with E-state index in [0.717, 1.165) is 41.0 Å². The van der Waals surface area contributed by atoms with Crippen LogP contribution in [0.25, 0.3) is 6.08 Å².